The molecular weight excluding hydrogens is 96.0 g/mol. The van der Waals surface area contributed by atoms with Crippen LogP contribution in [0, 0.1) is 0 Å². The summed E-state index contributed by atoms with van der Waals surface area (Å²) in [5.74, 6) is 0. The summed E-state index contributed by atoms with van der Waals surface area (Å²) >= 11 is 0. The lowest BCUT2D eigenvalue weighted by Gasteiger charge is -1.69. The van der Waals surface area contributed by atoms with Crippen molar-refractivity contribution in [2.24, 2.45) is 0 Å². The predicted molar refractivity (Wildman–Crippen MR) is 26.1 cm³/mol. The van der Waals surface area contributed by atoms with Gasteiger partial charge in [-0.05, 0) is 6.42 Å². The second-order valence-electron chi connectivity index (χ2n) is 0.829. The SMILES string of the molecule is CCCO.O=CO. The van der Waals surface area contributed by atoms with Gasteiger partial charge in [0.25, 0.3) is 6.47 Å². The molecule has 2 N–H and O–H groups in total. The van der Waals surface area contributed by atoms with Crippen molar-refractivity contribution < 1.29 is 15.0 Å². The monoisotopic (exact) mass is 106 g/mol. The summed E-state index contributed by atoms with van der Waals surface area (Å²) in [5.41, 5.74) is 0. The summed E-state index contributed by atoms with van der Waals surface area (Å²) in [6, 6.07) is 0. The number of rotatable bonds is 1. The summed E-state index contributed by atoms with van der Waals surface area (Å²) in [5, 5.41) is 14.8. The van der Waals surface area contributed by atoms with E-state index in [4.69, 9.17) is 15.0 Å². The standard InChI is InChI=1S/C3H8O.CH2O2/c1-2-3-4;2-1-3/h4H,2-3H2,1H3;1H,(H,2,3). The van der Waals surface area contributed by atoms with Crippen LogP contribution in [0.5, 0.6) is 0 Å². The minimum Gasteiger partial charge on any atom is -0.483 e. The zero-order chi connectivity index (χ0) is 6.12. The molecule has 3 nitrogen and oxygen atoms in total. The maximum absolute atomic E-state index is 8.36. The molecule has 0 unspecified atom stereocenters. The molecule has 0 aliphatic heterocycles. The Morgan fingerprint density at radius 2 is 1.86 bits per heavy atom. The topological polar surface area (TPSA) is 57.5 Å². The predicted octanol–water partition coefficient (Wildman–Crippen LogP) is 0.0895. The molecule has 0 fully saturated rings. The van der Waals surface area contributed by atoms with Crippen LogP contribution in [0.3, 0.4) is 0 Å². The molecule has 3 heteroatoms. The molecule has 0 radical (unpaired) electrons. The smallest absolute Gasteiger partial charge is 0.290 e. The second kappa shape index (κ2) is 18.0. The fraction of sp³-hybridized carbons (Fsp3) is 0.750. The fourth-order valence-electron chi connectivity index (χ4n) is 0. The molecule has 0 amide bonds. The van der Waals surface area contributed by atoms with Crippen molar-refractivity contribution in [3.8, 4) is 0 Å². The summed E-state index contributed by atoms with van der Waals surface area (Å²) in [4.78, 5) is 8.36. The van der Waals surface area contributed by atoms with Crippen LogP contribution in [0.1, 0.15) is 13.3 Å². The number of hydrogen-bond acceptors (Lipinski definition) is 2. The van der Waals surface area contributed by atoms with Crippen LogP contribution < -0.4 is 0 Å². The average molecular weight is 106 g/mol. The number of aliphatic hydroxyl groups is 1. The molecule has 0 atom stereocenters. The van der Waals surface area contributed by atoms with Crippen LogP contribution in [0.2, 0.25) is 0 Å². The maximum Gasteiger partial charge on any atom is 0.290 e. The minimum absolute atomic E-state index is 0.250. The Hall–Kier alpha value is -0.570. The average Bonchev–Trinajstić information content (AvgIpc) is 1.69. The Bertz CT molecular complexity index is 26.1. The van der Waals surface area contributed by atoms with E-state index in [0.29, 0.717) is 6.61 Å². The van der Waals surface area contributed by atoms with E-state index >= 15 is 0 Å². The molecule has 0 aromatic carbocycles. The molecule has 44 valence electrons. The van der Waals surface area contributed by atoms with Crippen LogP contribution in [0.25, 0.3) is 0 Å². The van der Waals surface area contributed by atoms with E-state index in [0.717, 1.165) is 6.42 Å². The molecule has 0 aliphatic carbocycles. The van der Waals surface area contributed by atoms with Gasteiger partial charge in [0.2, 0.25) is 0 Å². The lowest BCUT2D eigenvalue weighted by Crippen LogP contribution is -1.69. The van der Waals surface area contributed by atoms with Gasteiger partial charge in [0.05, 0.1) is 0 Å². The highest BCUT2D eigenvalue weighted by Crippen LogP contribution is 1.61. The quantitative estimate of drug-likeness (QED) is 0.466. The van der Waals surface area contributed by atoms with Gasteiger partial charge in [0, 0.05) is 6.61 Å². The third kappa shape index (κ3) is 346. The number of hydrogen-bond donors (Lipinski definition) is 2. The van der Waals surface area contributed by atoms with Gasteiger partial charge in [-0.25, -0.2) is 0 Å². The first-order chi connectivity index (χ1) is 3.33. The normalized spacial score (nSPS) is 6.00. The first kappa shape index (κ1) is 9.66. The number of aliphatic hydroxyl groups excluding tert-OH is 1. The van der Waals surface area contributed by atoms with Crippen LogP contribution in [0.4, 0.5) is 0 Å². The maximum atomic E-state index is 8.36. The van der Waals surface area contributed by atoms with Gasteiger partial charge in [-0.2, -0.15) is 0 Å². The van der Waals surface area contributed by atoms with Crippen molar-refractivity contribution in [2.45, 2.75) is 13.3 Å². The van der Waals surface area contributed by atoms with Crippen molar-refractivity contribution >= 4 is 6.47 Å². The van der Waals surface area contributed by atoms with Crippen LogP contribution >= 0.6 is 0 Å². The highest BCUT2D eigenvalue weighted by Gasteiger charge is 1.57. The zero-order valence-electron chi connectivity index (χ0n) is 4.29. The molecule has 0 rings (SSSR count). The van der Waals surface area contributed by atoms with Crippen molar-refractivity contribution in [2.75, 3.05) is 6.61 Å². The van der Waals surface area contributed by atoms with Crippen LogP contribution in [0.15, 0.2) is 0 Å². The molecule has 0 heterocycles. The highest BCUT2D eigenvalue weighted by molar-refractivity contribution is 5.32. The van der Waals surface area contributed by atoms with Gasteiger partial charge in [0.1, 0.15) is 0 Å². The van der Waals surface area contributed by atoms with E-state index in [1.807, 2.05) is 6.92 Å². The van der Waals surface area contributed by atoms with E-state index < -0.39 is 0 Å². The summed E-state index contributed by atoms with van der Waals surface area (Å²) in [6.45, 7) is 2.00. The number of carboxylic acid groups (broad SMARTS) is 1. The van der Waals surface area contributed by atoms with Gasteiger partial charge in [-0.15, -0.1) is 0 Å². The van der Waals surface area contributed by atoms with E-state index in [9.17, 15) is 0 Å². The Balaban J connectivity index is 0. The third-order valence-electron chi connectivity index (χ3n) is 0.224. The molecule has 7 heavy (non-hydrogen) atoms. The van der Waals surface area contributed by atoms with Crippen LogP contribution in [-0.4, -0.2) is 23.3 Å². The van der Waals surface area contributed by atoms with Crippen LogP contribution in [-0.2, 0) is 4.79 Å². The Morgan fingerprint density at radius 1 is 1.71 bits per heavy atom. The largest absolute Gasteiger partial charge is 0.483 e. The van der Waals surface area contributed by atoms with E-state index in [2.05, 4.69) is 0 Å². The lowest BCUT2D eigenvalue weighted by molar-refractivity contribution is -0.122. The van der Waals surface area contributed by atoms with Gasteiger partial charge < -0.3 is 10.2 Å². The van der Waals surface area contributed by atoms with Crippen molar-refractivity contribution in [1.29, 1.82) is 0 Å². The number of carbonyl (C=O) groups is 1. The van der Waals surface area contributed by atoms with Crippen molar-refractivity contribution in [1.82, 2.24) is 0 Å². The van der Waals surface area contributed by atoms with Gasteiger partial charge >= 0.3 is 0 Å². The fourth-order valence-corrected chi connectivity index (χ4v) is 0. The molecule has 0 bridgehead atoms. The first-order valence-electron chi connectivity index (χ1n) is 2.02. The zero-order valence-corrected chi connectivity index (χ0v) is 4.29. The molecule has 0 aromatic heterocycles. The Labute approximate surface area is 42.6 Å². The summed E-state index contributed by atoms with van der Waals surface area (Å²) in [6.07, 6.45) is 0.875. The third-order valence-corrected chi connectivity index (χ3v) is 0.224. The van der Waals surface area contributed by atoms with Gasteiger partial charge in [-0.3, -0.25) is 4.79 Å². The molecule has 0 spiro atoms. The lowest BCUT2D eigenvalue weighted by atomic mass is 10.5. The Kier molecular flexibility index (Phi) is 24.9. The van der Waals surface area contributed by atoms with Crippen molar-refractivity contribution in [3.05, 3.63) is 0 Å². The first-order valence-corrected chi connectivity index (χ1v) is 2.02. The Morgan fingerprint density at radius 3 is 1.86 bits per heavy atom. The van der Waals surface area contributed by atoms with Crippen molar-refractivity contribution in [3.63, 3.8) is 0 Å². The molecular formula is C4H10O3. The molecule has 0 saturated heterocycles. The van der Waals surface area contributed by atoms with E-state index in [1.165, 1.54) is 0 Å². The summed E-state index contributed by atoms with van der Waals surface area (Å²) < 4.78 is 0. The van der Waals surface area contributed by atoms with Gasteiger partial charge in [-0.1, -0.05) is 6.92 Å². The van der Waals surface area contributed by atoms with Gasteiger partial charge in [0.15, 0.2) is 0 Å². The summed E-state index contributed by atoms with van der Waals surface area (Å²) in [7, 11) is 0. The molecule has 0 aromatic rings. The van der Waals surface area contributed by atoms with E-state index in [1.54, 1.807) is 0 Å². The van der Waals surface area contributed by atoms with E-state index in [-0.39, 0.29) is 6.47 Å². The molecule has 0 saturated carbocycles. The second-order valence-corrected chi connectivity index (χ2v) is 0.829. The molecule has 0 aliphatic rings. The highest BCUT2D eigenvalue weighted by atomic mass is 16.3. The minimum atomic E-state index is -0.250.